The number of carboxylic acids is 1. The van der Waals surface area contributed by atoms with Gasteiger partial charge in [-0.2, -0.15) is 13.2 Å². The highest BCUT2D eigenvalue weighted by Gasteiger charge is 2.30. The molecule has 1 aromatic carbocycles. The van der Waals surface area contributed by atoms with Gasteiger partial charge in [0.25, 0.3) is 0 Å². The molecule has 0 aromatic heterocycles. The lowest BCUT2D eigenvalue weighted by Crippen LogP contribution is -2.31. The van der Waals surface area contributed by atoms with Crippen LogP contribution in [0.25, 0.3) is 0 Å². The average Bonchev–Trinajstić information content (AvgIpc) is 2.42. The Kier molecular flexibility index (Phi) is 7.38. The number of carbonyl (C=O) groups is 1. The summed E-state index contributed by atoms with van der Waals surface area (Å²) in [5, 5.41) is 8.80. The molecule has 0 unspecified atom stereocenters. The zero-order valence-electron chi connectivity index (χ0n) is 12.7. The molecule has 0 saturated heterocycles. The lowest BCUT2D eigenvalue weighted by atomic mass is 10.0. The third kappa shape index (κ3) is 6.93. The van der Waals surface area contributed by atoms with E-state index in [1.165, 1.54) is 12.1 Å². The number of halogens is 3. The van der Waals surface area contributed by atoms with Gasteiger partial charge < -0.3 is 5.11 Å². The monoisotopic (exact) mass is 317 g/mol. The normalized spacial score (nSPS) is 11.9. The van der Waals surface area contributed by atoms with Crippen LogP contribution in [-0.4, -0.2) is 35.6 Å². The van der Waals surface area contributed by atoms with E-state index in [2.05, 4.69) is 0 Å². The number of unbranched alkanes of at least 4 members (excludes halogenated alkanes) is 1. The van der Waals surface area contributed by atoms with Crippen molar-refractivity contribution >= 4 is 5.97 Å². The number of alkyl halides is 3. The van der Waals surface area contributed by atoms with Crippen LogP contribution in [0.3, 0.4) is 0 Å². The number of nitrogens with zero attached hydrogens (tertiary/aromatic N) is 1. The van der Waals surface area contributed by atoms with Gasteiger partial charge in [0.05, 0.1) is 12.1 Å². The Balaban J connectivity index is 2.42. The van der Waals surface area contributed by atoms with Gasteiger partial charge in [0, 0.05) is 0 Å². The Morgan fingerprint density at radius 2 is 1.95 bits per heavy atom. The van der Waals surface area contributed by atoms with Crippen molar-refractivity contribution in [1.29, 1.82) is 0 Å². The Bertz CT molecular complexity index is 475. The van der Waals surface area contributed by atoms with E-state index in [1.807, 2.05) is 11.8 Å². The maximum atomic E-state index is 12.6. The van der Waals surface area contributed by atoms with E-state index < -0.39 is 17.7 Å². The summed E-state index contributed by atoms with van der Waals surface area (Å²) >= 11 is 0. The fourth-order valence-electron chi connectivity index (χ4n) is 2.35. The fraction of sp³-hybridized carbons (Fsp3) is 0.562. The van der Waals surface area contributed by atoms with Crippen molar-refractivity contribution in [3.63, 3.8) is 0 Å². The molecule has 1 N–H and O–H groups in total. The molecule has 22 heavy (non-hydrogen) atoms. The molecule has 0 saturated carbocycles. The summed E-state index contributed by atoms with van der Waals surface area (Å²) in [5.74, 6) is -0.855. The first-order valence-corrected chi connectivity index (χ1v) is 7.43. The number of rotatable bonds is 9. The zero-order chi connectivity index (χ0) is 16.6. The quantitative estimate of drug-likeness (QED) is 0.704. The molecule has 0 bridgehead atoms. The molecule has 0 aliphatic carbocycles. The molecular weight excluding hydrogens is 295 g/mol. The van der Waals surface area contributed by atoms with Crippen molar-refractivity contribution in [2.24, 2.45) is 0 Å². The second-order valence-corrected chi connectivity index (χ2v) is 5.33. The van der Waals surface area contributed by atoms with Gasteiger partial charge >= 0.3 is 12.1 Å². The van der Waals surface area contributed by atoms with Crippen LogP contribution in [0.5, 0.6) is 0 Å². The van der Waals surface area contributed by atoms with Crippen molar-refractivity contribution in [3.8, 4) is 0 Å². The third-order valence-corrected chi connectivity index (χ3v) is 3.34. The topological polar surface area (TPSA) is 40.5 Å². The molecule has 0 fully saturated rings. The van der Waals surface area contributed by atoms with E-state index in [9.17, 15) is 18.0 Å². The minimum atomic E-state index is -4.31. The number of aliphatic carboxylic acids is 1. The predicted octanol–water partition coefficient (Wildman–Crippen LogP) is 3.82. The molecule has 124 valence electrons. The summed E-state index contributed by atoms with van der Waals surface area (Å²) in [6.45, 7) is 3.36. The van der Waals surface area contributed by atoms with E-state index >= 15 is 0 Å². The van der Waals surface area contributed by atoms with Crippen molar-refractivity contribution in [3.05, 3.63) is 35.4 Å². The minimum Gasteiger partial charge on any atom is -0.480 e. The highest BCUT2D eigenvalue weighted by atomic mass is 19.4. The molecular formula is C16H22F3NO2. The zero-order valence-corrected chi connectivity index (χ0v) is 12.7. The molecule has 0 spiro atoms. The molecule has 1 rings (SSSR count). The summed E-state index contributed by atoms with van der Waals surface area (Å²) in [6, 6.07) is 5.36. The van der Waals surface area contributed by atoms with Gasteiger partial charge in [-0.25, -0.2) is 0 Å². The van der Waals surface area contributed by atoms with Crippen LogP contribution in [0.15, 0.2) is 24.3 Å². The van der Waals surface area contributed by atoms with E-state index in [0.717, 1.165) is 31.9 Å². The number of hydrogen-bond donors (Lipinski definition) is 1. The first kappa shape index (κ1) is 18.5. The van der Waals surface area contributed by atoms with Gasteiger partial charge in [-0.05, 0) is 50.4 Å². The van der Waals surface area contributed by atoms with Crippen LogP contribution in [0.2, 0.25) is 0 Å². The second-order valence-electron chi connectivity index (χ2n) is 5.33. The Morgan fingerprint density at radius 1 is 1.23 bits per heavy atom. The molecule has 0 atom stereocenters. The maximum absolute atomic E-state index is 12.6. The van der Waals surface area contributed by atoms with Gasteiger partial charge in [0.1, 0.15) is 0 Å². The van der Waals surface area contributed by atoms with E-state index in [0.29, 0.717) is 18.5 Å². The maximum Gasteiger partial charge on any atom is 0.416 e. The molecule has 1 aromatic rings. The van der Waals surface area contributed by atoms with Gasteiger partial charge in [-0.1, -0.05) is 25.1 Å². The molecule has 0 heterocycles. The van der Waals surface area contributed by atoms with Gasteiger partial charge in [-0.15, -0.1) is 0 Å². The van der Waals surface area contributed by atoms with Crippen LogP contribution >= 0.6 is 0 Å². The molecule has 0 radical (unpaired) electrons. The van der Waals surface area contributed by atoms with Crippen molar-refractivity contribution in [2.75, 3.05) is 19.6 Å². The third-order valence-electron chi connectivity index (χ3n) is 3.34. The van der Waals surface area contributed by atoms with Crippen molar-refractivity contribution in [1.82, 2.24) is 4.90 Å². The molecule has 0 aliphatic rings. The fourth-order valence-corrected chi connectivity index (χ4v) is 2.35. The Hall–Kier alpha value is -1.56. The smallest absolute Gasteiger partial charge is 0.416 e. The highest BCUT2D eigenvalue weighted by Crippen LogP contribution is 2.29. The first-order chi connectivity index (χ1) is 10.3. The summed E-state index contributed by atoms with van der Waals surface area (Å²) < 4.78 is 37.8. The summed E-state index contributed by atoms with van der Waals surface area (Å²) in [6.07, 6.45) is -1.36. The average molecular weight is 317 g/mol. The van der Waals surface area contributed by atoms with Crippen LogP contribution in [0.1, 0.15) is 37.3 Å². The van der Waals surface area contributed by atoms with Gasteiger partial charge in [0.2, 0.25) is 0 Å². The van der Waals surface area contributed by atoms with Gasteiger partial charge in [-0.3, -0.25) is 9.69 Å². The summed E-state index contributed by atoms with van der Waals surface area (Å²) in [4.78, 5) is 12.6. The largest absolute Gasteiger partial charge is 0.480 e. The molecule has 3 nitrogen and oxygen atoms in total. The van der Waals surface area contributed by atoms with Crippen LogP contribution < -0.4 is 0 Å². The lowest BCUT2D eigenvalue weighted by molar-refractivity contribution is -0.138. The van der Waals surface area contributed by atoms with Crippen molar-refractivity contribution in [2.45, 2.75) is 38.8 Å². The van der Waals surface area contributed by atoms with Crippen LogP contribution in [0.4, 0.5) is 13.2 Å². The molecule has 0 aliphatic heterocycles. The SMILES string of the molecule is CCCN(CCCCc1cccc(C(F)(F)F)c1)CC(=O)O. The van der Waals surface area contributed by atoms with E-state index in [4.69, 9.17) is 5.11 Å². The number of hydrogen-bond acceptors (Lipinski definition) is 2. The van der Waals surface area contributed by atoms with Crippen LogP contribution in [0, 0.1) is 0 Å². The van der Waals surface area contributed by atoms with Crippen molar-refractivity contribution < 1.29 is 23.1 Å². The summed E-state index contributed by atoms with van der Waals surface area (Å²) in [5.41, 5.74) is 0.0404. The predicted molar refractivity (Wildman–Crippen MR) is 78.7 cm³/mol. The number of carboxylic acid groups (broad SMARTS) is 1. The number of aryl methyl sites for hydroxylation is 1. The molecule has 0 amide bonds. The van der Waals surface area contributed by atoms with Crippen LogP contribution in [-0.2, 0) is 17.4 Å². The number of benzene rings is 1. The van der Waals surface area contributed by atoms with E-state index in [1.54, 1.807) is 6.07 Å². The van der Waals surface area contributed by atoms with E-state index in [-0.39, 0.29) is 6.54 Å². The molecule has 6 heteroatoms. The first-order valence-electron chi connectivity index (χ1n) is 7.43. The standard InChI is InChI=1S/C16H22F3NO2/c1-2-9-20(12-15(21)22)10-4-3-6-13-7-5-8-14(11-13)16(17,18)19/h5,7-8,11H,2-4,6,9-10,12H2,1H3,(H,21,22). The Labute approximate surface area is 128 Å². The second kappa shape index (κ2) is 8.78. The van der Waals surface area contributed by atoms with Gasteiger partial charge in [0.15, 0.2) is 0 Å². The summed E-state index contributed by atoms with van der Waals surface area (Å²) in [7, 11) is 0. The Morgan fingerprint density at radius 3 is 2.55 bits per heavy atom. The lowest BCUT2D eigenvalue weighted by Gasteiger charge is -2.19. The highest BCUT2D eigenvalue weighted by molar-refractivity contribution is 5.69. The minimum absolute atomic E-state index is 0.0113.